The number of carbonyl (C=O) groups is 1. The summed E-state index contributed by atoms with van der Waals surface area (Å²) in [4.78, 5) is 12.1. The number of esters is 1. The quantitative estimate of drug-likeness (QED) is 0.587. The van der Waals surface area contributed by atoms with Crippen LogP contribution in [0.5, 0.6) is 0 Å². The summed E-state index contributed by atoms with van der Waals surface area (Å²) in [6.07, 6.45) is 2.67. The van der Waals surface area contributed by atoms with Crippen LogP contribution in [0.1, 0.15) is 47.1 Å². The molecule has 0 aromatic heterocycles. The van der Waals surface area contributed by atoms with Crippen molar-refractivity contribution in [1.29, 1.82) is 0 Å². The molecule has 0 unspecified atom stereocenters. The number of hydrogen-bond acceptors (Lipinski definition) is 2. The topological polar surface area (TPSA) is 26.3 Å². The number of benzene rings is 1. The molecular weight excluding hydrogens is 248 g/mol. The van der Waals surface area contributed by atoms with Crippen LogP contribution >= 0.6 is 0 Å². The first-order valence-corrected chi connectivity index (χ1v) is 7.06. The lowest BCUT2D eigenvalue weighted by atomic mass is 9.94. The van der Waals surface area contributed by atoms with E-state index in [9.17, 15) is 4.79 Å². The molecule has 0 saturated carbocycles. The Morgan fingerprint density at radius 2 is 1.60 bits per heavy atom. The van der Waals surface area contributed by atoms with Crippen molar-refractivity contribution in [2.45, 2.75) is 48.0 Å². The van der Waals surface area contributed by atoms with Crippen LogP contribution in [0.25, 0.3) is 0 Å². The summed E-state index contributed by atoms with van der Waals surface area (Å²) in [5.41, 5.74) is 0.625. The summed E-state index contributed by atoms with van der Waals surface area (Å²) in [7, 11) is 0. The zero-order valence-corrected chi connectivity index (χ0v) is 13.5. The summed E-state index contributed by atoms with van der Waals surface area (Å²) >= 11 is 0. The average molecular weight is 274 g/mol. The molecule has 2 nitrogen and oxygen atoms in total. The Kier molecular flexibility index (Phi) is 5.15. The van der Waals surface area contributed by atoms with Gasteiger partial charge in [-0.2, -0.15) is 0 Å². The molecule has 0 aliphatic carbocycles. The highest BCUT2D eigenvalue weighted by Gasteiger charge is 2.25. The van der Waals surface area contributed by atoms with Crippen molar-refractivity contribution in [3.8, 4) is 0 Å². The number of rotatable bonds is 3. The van der Waals surface area contributed by atoms with E-state index in [-0.39, 0.29) is 11.4 Å². The number of carbonyl (C=O) groups excluding carboxylic acids is 1. The molecule has 0 atom stereocenters. The van der Waals surface area contributed by atoms with E-state index in [1.807, 2.05) is 57.2 Å². The van der Waals surface area contributed by atoms with Crippen molar-refractivity contribution in [3.63, 3.8) is 0 Å². The minimum absolute atomic E-state index is 0.0255. The minimum atomic E-state index is -0.492. The Bertz CT molecular complexity index is 470. The van der Waals surface area contributed by atoms with Gasteiger partial charge < -0.3 is 4.74 Å². The van der Waals surface area contributed by atoms with Crippen molar-refractivity contribution < 1.29 is 9.53 Å². The van der Waals surface area contributed by atoms with Gasteiger partial charge in [0.05, 0.1) is 5.41 Å². The summed E-state index contributed by atoms with van der Waals surface area (Å²) < 4.78 is 5.62. The molecule has 2 heteroatoms. The Labute approximate surface area is 122 Å². The van der Waals surface area contributed by atoms with Crippen molar-refractivity contribution >= 4 is 5.97 Å². The molecule has 0 radical (unpaired) electrons. The van der Waals surface area contributed by atoms with E-state index < -0.39 is 5.41 Å². The van der Waals surface area contributed by atoms with Crippen LogP contribution in [-0.4, -0.2) is 5.97 Å². The van der Waals surface area contributed by atoms with Gasteiger partial charge in [0.2, 0.25) is 0 Å². The molecule has 0 N–H and O–H groups in total. The standard InChI is InChI=1S/C18H26O2/c1-17(2,3)13-15(20-16(19)18(4,5)6)12-14-10-8-7-9-11-14/h7-11,13H,12H2,1-6H3/b15-13+. The summed E-state index contributed by atoms with van der Waals surface area (Å²) in [6, 6.07) is 10.1. The van der Waals surface area contributed by atoms with Crippen LogP contribution in [0.3, 0.4) is 0 Å². The second-order valence-electron chi connectivity index (χ2n) is 7.28. The molecule has 110 valence electrons. The van der Waals surface area contributed by atoms with Gasteiger partial charge in [-0.25, -0.2) is 0 Å². The normalized spacial score (nSPS) is 13.2. The van der Waals surface area contributed by atoms with Gasteiger partial charge in [-0.3, -0.25) is 4.79 Å². The zero-order chi connectivity index (χ0) is 15.4. The van der Waals surface area contributed by atoms with Gasteiger partial charge in [-0.05, 0) is 37.8 Å². The van der Waals surface area contributed by atoms with Gasteiger partial charge in [0, 0.05) is 6.42 Å². The predicted molar refractivity (Wildman–Crippen MR) is 83.2 cm³/mol. The SMILES string of the molecule is CC(C)(C)/C=C(\Cc1ccccc1)OC(=O)C(C)(C)C. The van der Waals surface area contributed by atoms with Gasteiger partial charge in [-0.15, -0.1) is 0 Å². The van der Waals surface area contributed by atoms with Crippen LogP contribution < -0.4 is 0 Å². The Hall–Kier alpha value is -1.57. The smallest absolute Gasteiger partial charge is 0.316 e. The van der Waals surface area contributed by atoms with Gasteiger partial charge >= 0.3 is 5.97 Å². The molecule has 0 heterocycles. The minimum Gasteiger partial charge on any atom is -0.431 e. The maximum absolute atomic E-state index is 12.1. The van der Waals surface area contributed by atoms with Crippen molar-refractivity contribution in [1.82, 2.24) is 0 Å². The van der Waals surface area contributed by atoms with E-state index in [1.165, 1.54) is 0 Å². The Balaban J connectivity index is 2.93. The lowest BCUT2D eigenvalue weighted by Gasteiger charge is -2.21. The van der Waals surface area contributed by atoms with E-state index in [4.69, 9.17) is 4.74 Å². The highest BCUT2D eigenvalue weighted by atomic mass is 16.5. The van der Waals surface area contributed by atoms with Crippen LogP contribution in [-0.2, 0) is 16.0 Å². The second kappa shape index (κ2) is 6.25. The van der Waals surface area contributed by atoms with Crippen LogP contribution in [0.15, 0.2) is 42.2 Å². The zero-order valence-electron chi connectivity index (χ0n) is 13.5. The van der Waals surface area contributed by atoms with Gasteiger partial charge in [-0.1, -0.05) is 51.1 Å². The highest BCUT2D eigenvalue weighted by Crippen LogP contribution is 2.24. The third kappa shape index (κ3) is 6.05. The lowest BCUT2D eigenvalue weighted by Crippen LogP contribution is -2.23. The van der Waals surface area contributed by atoms with E-state index in [0.717, 1.165) is 11.3 Å². The fourth-order valence-corrected chi connectivity index (χ4v) is 1.67. The Morgan fingerprint density at radius 1 is 1.05 bits per heavy atom. The van der Waals surface area contributed by atoms with Gasteiger partial charge in [0.15, 0.2) is 0 Å². The molecule has 0 aliphatic heterocycles. The third-order valence-electron chi connectivity index (χ3n) is 2.65. The fraction of sp³-hybridized carbons (Fsp3) is 0.500. The molecule has 1 aromatic carbocycles. The largest absolute Gasteiger partial charge is 0.431 e. The Morgan fingerprint density at radius 3 is 2.05 bits per heavy atom. The first-order chi connectivity index (χ1) is 9.08. The van der Waals surface area contributed by atoms with Crippen molar-refractivity contribution in [3.05, 3.63) is 47.7 Å². The maximum Gasteiger partial charge on any atom is 0.316 e. The van der Waals surface area contributed by atoms with E-state index in [2.05, 4.69) is 20.8 Å². The van der Waals surface area contributed by atoms with Gasteiger partial charge in [0.25, 0.3) is 0 Å². The van der Waals surface area contributed by atoms with Gasteiger partial charge in [0.1, 0.15) is 5.76 Å². The second-order valence-corrected chi connectivity index (χ2v) is 7.28. The monoisotopic (exact) mass is 274 g/mol. The van der Waals surface area contributed by atoms with Crippen molar-refractivity contribution in [2.75, 3.05) is 0 Å². The molecule has 0 spiro atoms. The van der Waals surface area contributed by atoms with E-state index >= 15 is 0 Å². The molecule has 0 bridgehead atoms. The summed E-state index contributed by atoms with van der Waals surface area (Å²) in [6.45, 7) is 11.9. The molecule has 1 aromatic rings. The van der Waals surface area contributed by atoms with E-state index in [0.29, 0.717) is 6.42 Å². The number of hydrogen-bond donors (Lipinski definition) is 0. The number of ether oxygens (including phenoxy) is 1. The first kappa shape index (κ1) is 16.5. The summed E-state index contributed by atoms with van der Waals surface area (Å²) in [5.74, 6) is 0.535. The van der Waals surface area contributed by atoms with Crippen LogP contribution in [0.4, 0.5) is 0 Å². The third-order valence-corrected chi connectivity index (χ3v) is 2.65. The molecule has 1 rings (SSSR count). The van der Waals surface area contributed by atoms with Crippen LogP contribution in [0.2, 0.25) is 0 Å². The molecule has 20 heavy (non-hydrogen) atoms. The molecule has 0 amide bonds. The number of allylic oxidation sites excluding steroid dienone is 2. The molecule has 0 fully saturated rings. The first-order valence-electron chi connectivity index (χ1n) is 7.06. The van der Waals surface area contributed by atoms with Crippen LogP contribution in [0, 0.1) is 10.8 Å². The van der Waals surface area contributed by atoms with Crippen molar-refractivity contribution in [2.24, 2.45) is 10.8 Å². The van der Waals surface area contributed by atoms with E-state index in [1.54, 1.807) is 0 Å². The molecular formula is C18H26O2. The average Bonchev–Trinajstić information content (AvgIpc) is 2.26. The fourth-order valence-electron chi connectivity index (χ4n) is 1.67. The molecule has 0 saturated heterocycles. The predicted octanol–water partition coefficient (Wildman–Crippen LogP) is 4.75. The lowest BCUT2D eigenvalue weighted by molar-refractivity contribution is -0.148. The molecule has 0 aliphatic rings. The highest BCUT2D eigenvalue weighted by molar-refractivity contribution is 5.76. The summed E-state index contributed by atoms with van der Waals surface area (Å²) in [5, 5.41) is 0. The maximum atomic E-state index is 12.1.